The first-order valence-corrected chi connectivity index (χ1v) is 11.2. The second-order valence-electron chi connectivity index (χ2n) is 8.51. The number of nitrogens with zero attached hydrogens (tertiary/aromatic N) is 3. The van der Waals surface area contributed by atoms with Crippen LogP contribution in [0.5, 0.6) is 5.88 Å². The van der Waals surface area contributed by atoms with E-state index in [2.05, 4.69) is 22.0 Å². The number of nitrogens with one attached hydrogen (secondary N) is 1. The van der Waals surface area contributed by atoms with Gasteiger partial charge in [-0.2, -0.15) is 0 Å². The molecule has 1 saturated heterocycles. The third-order valence-electron chi connectivity index (χ3n) is 6.43. The molecule has 1 aliphatic carbocycles. The highest BCUT2D eigenvalue weighted by Gasteiger charge is 2.42. The number of carbonyl (C=O) groups excluding carboxylic acids is 2. The lowest BCUT2D eigenvalue weighted by Crippen LogP contribution is -2.53. The first kappa shape index (κ1) is 22.1. The van der Waals surface area contributed by atoms with Crippen LogP contribution in [-0.4, -0.2) is 59.2 Å². The van der Waals surface area contributed by atoms with Gasteiger partial charge in [0.25, 0.3) is 0 Å². The number of anilines is 1. The van der Waals surface area contributed by atoms with Crippen molar-refractivity contribution in [2.75, 3.05) is 31.1 Å². The molecular formula is C24H30N4O4. The lowest BCUT2D eigenvalue weighted by Gasteiger charge is -2.40. The normalized spacial score (nSPS) is 23.5. The molecule has 1 aromatic carbocycles. The Kier molecular flexibility index (Phi) is 6.90. The number of piperazine rings is 1. The molecule has 8 nitrogen and oxygen atoms in total. The van der Waals surface area contributed by atoms with Gasteiger partial charge in [-0.1, -0.05) is 24.3 Å². The Morgan fingerprint density at radius 3 is 2.44 bits per heavy atom. The maximum atomic E-state index is 13.3. The van der Waals surface area contributed by atoms with Gasteiger partial charge in [0.2, 0.25) is 17.7 Å². The first-order valence-electron chi connectivity index (χ1n) is 11.2. The molecule has 0 radical (unpaired) electrons. The predicted molar refractivity (Wildman–Crippen MR) is 119 cm³/mol. The fourth-order valence-corrected chi connectivity index (χ4v) is 4.72. The van der Waals surface area contributed by atoms with Crippen LogP contribution < -0.4 is 15.1 Å². The van der Waals surface area contributed by atoms with Crippen LogP contribution in [0, 0.1) is 18.8 Å². The number of aryl methyl sites for hydroxylation is 1. The molecule has 2 aromatic rings. The third-order valence-corrected chi connectivity index (χ3v) is 6.43. The lowest BCUT2D eigenvalue weighted by atomic mass is 9.76. The van der Waals surface area contributed by atoms with Crippen molar-refractivity contribution >= 4 is 17.5 Å². The van der Waals surface area contributed by atoms with Gasteiger partial charge in [0.1, 0.15) is 6.10 Å². The van der Waals surface area contributed by atoms with E-state index in [0.717, 1.165) is 24.5 Å². The molecule has 2 N–H and O–H groups in total. The third kappa shape index (κ3) is 5.02. The Morgan fingerprint density at radius 2 is 1.75 bits per heavy atom. The van der Waals surface area contributed by atoms with Gasteiger partial charge in [-0.25, -0.2) is 10.5 Å². The summed E-state index contributed by atoms with van der Waals surface area (Å²) >= 11 is 0. The zero-order valence-electron chi connectivity index (χ0n) is 18.3. The van der Waals surface area contributed by atoms with E-state index in [1.165, 1.54) is 0 Å². The van der Waals surface area contributed by atoms with E-state index in [1.807, 2.05) is 42.2 Å². The van der Waals surface area contributed by atoms with E-state index in [0.29, 0.717) is 38.2 Å². The molecule has 2 aliphatic rings. The number of para-hydroxylation sites is 1. The number of aromatic nitrogens is 1. The molecule has 4 rings (SSSR count). The van der Waals surface area contributed by atoms with E-state index in [4.69, 9.17) is 4.74 Å². The molecule has 2 fully saturated rings. The van der Waals surface area contributed by atoms with Gasteiger partial charge >= 0.3 is 0 Å². The summed E-state index contributed by atoms with van der Waals surface area (Å²) in [5.41, 5.74) is 3.76. The summed E-state index contributed by atoms with van der Waals surface area (Å²) in [6, 6.07) is 15.7. The Morgan fingerprint density at radius 1 is 1.00 bits per heavy atom. The molecule has 170 valence electrons. The van der Waals surface area contributed by atoms with E-state index in [1.54, 1.807) is 11.5 Å². The molecule has 0 bridgehead atoms. The zero-order valence-corrected chi connectivity index (χ0v) is 18.3. The predicted octanol–water partition coefficient (Wildman–Crippen LogP) is 2.41. The number of amides is 2. The van der Waals surface area contributed by atoms with Gasteiger partial charge in [0.05, 0.1) is 11.8 Å². The minimum absolute atomic E-state index is 0.0153. The smallest absolute Gasteiger partial charge is 0.247 e. The van der Waals surface area contributed by atoms with Crippen LogP contribution in [0.4, 0.5) is 5.69 Å². The van der Waals surface area contributed by atoms with Crippen LogP contribution >= 0.6 is 0 Å². The van der Waals surface area contributed by atoms with Crippen LogP contribution in [0.15, 0.2) is 48.5 Å². The van der Waals surface area contributed by atoms with Gasteiger partial charge in [-0.15, -0.1) is 0 Å². The molecule has 0 spiro atoms. The van der Waals surface area contributed by atoms with Gasteiger partial charge in [0, 0.05) is 43.6 Å². The zero-order chi connectivity index (χ0) is 22.5. The topological polar surface area (TPSA) is 95.0 Å². The van der Waals surface area contributed by atoms with Crippen molar-refractivity contribution in [2.45, 2.75) is 32.3 Å². The van der Waals surface area contributed by atoms with Crippen LogP contribution in [0.1, 0.15) is 25.0 Å². The van der Waals surface area contributed by atoms with Crippen LogP contribution in [0.2, 0.25) is 0 Å². The Hall–Kier alpha value is -3.13. The molecule has 1 aromatic heterocycles. The Labute approximate surface area is 188 Å². The van der Waals surface area contributed by atoms with Crippen LogP contribution in [0.3, 0.4) is 0 Å². The summed E-state index contributed by atoms with van der Waals surface area (Å²) in [5.74, 6) is -1.13. The number of benzene rings is 1. The van der Waals surface area contributed by atoms with Gasteiger partial charge in [-0.05, 0) is 44.4 Å². The summed E-state index contributed by atoms with van der Waals surface area (Å²) in [4.78, 5) is 34.3. The Bertz CT molecular complexity index is 931. The maximum Gasteiger partial charge on any atom is 0.247 e. The monoisotopic (exact) mass is 438 g/mol. The quantitative estimate of drug-likeness (QED) is 0.550. The number of carbonyl (C=O) groups is 2. The van der Waals surface area contributed by atoms with E-state index in [9.17, 15) is 14.8 Å². The fraction of sp³-hybridized carbons (Fsp3) is 0.458. The average Bonchev–Trinajstić information content (AvgIpc) is 2.84. The molecule has 1 aliphatic heterocycles. The standard InChI is InChI=1S/C24H30N4O4/c1-17-6-5-9-22(25-17)32-19-10-11-20(21(16-19)23(29)26-31)24(30)28-14-12-27(13-15-28)18-7-3-2-4-8-18/h2-9,19-21,31H,10-16H2,1H3,(H,26,29). The number of rotatable bonds is 5. The summed E-state index contributed by atoms with van der Waals surface area (Å²) in [6.07, 6.45) is 1.32. The molecule has 1 saturated carbocycles. The minimum Gasteiger partial charge on any atom is -0.474 e. The van der Waals surface area contributed by atoms with Crippen molar-refractivity contribution in [3.8, 4) is 5.88 Å². The highest BCUT2D eigenvalue weighted by Crippen LogP contribution is 2.34. The van der Waals surface area contributed by atoms with Gasteiger partial charge < -0.3 is 14.5 Å². The van der Waals surface area contributed by atoms with Crippen molar-refractivity contribution in [3.63, 3.8) is 0 Å². The highest BCUT2D eigenvalue weighted by molar-refractivity contribution is 5.87. The lowest BCUT2D eigenvalue weighted by molar-refractivity contribution is -0.148. The first-order chi connectivity index (χ1) is 15.5. The number of pyridine rings is 1. The average molecular weight is 439 g/mol. The molecule has 3 unspecified atom stereocenters. The van der Waals surface area contributed by atoms with Crippen LogP contribution in [0.25, 0.3) is 0 Å². The number of ether oxygens (including phenoxy) is 1. The SMILES string of the molecule is Cc1cccc(OC2CCC(C(=O)N3CCN(c4ccccc4)CC3)C(C(=O)NO)C2)n1. The molecule has 8 heteroatoms. The second kappa shape index (κ2) is 9.99. The summed E-state index contributed by atoms with van der Waals surface area (Å²) in [7, 11) is 0. The van der Waals surface area contributed by atoms with Crippen LogP contribution in [-0.2, 0) is 9.59 Å². The number of hydrogen-bond donors (Lipinski definition) is 2. The van der Waals surface area contributed by atoms with E-state index < -0.39 is 17.7 Å². The van der Waals surface area contributed by atoms with Crippen molar-refractivity contribution in [1.82, 2.24) is 15.4 Å². The minimum atomic E-state index is -0.636. The highest BCUT2D eigenvalue weighted by atomic mass is 16.5. The molecule has 3 atom stereocenters. The van der Waals surface area contributed by atoms with Gasteiger partial charge in [0.15, 0.2) is 0 Å². The van der Waals surface area contributed by atoms with Crippen molar-refractivity contribution in [2.24, 2.45) is 11.8 Å². The molecule has 32 heavy (non-hydrogen) atoms. The summed E-state index contributed by atoms with van der Waals surface area (Å²) in [5, 5.41) is 9.29. The Balaban J connectivity index is 1.39. The van der Waals surface area contributed by atoms with Crippen molar-refractivity contribution in [3.05, 3.63) is 54.2 Å². The van der Waals surface area contributed by atoms with E-state index >= 15 is 0 Å². The molecular weight excluding hydrogens is 408 g/mol. The number of hydrogen-bond acceptors (Lipinski definition) is 6. The molecule has 2 heterocycles. The molecule has 2 amide bonds. The van der Waals surface area contributed by atoms with E-state index in [-0.39, 0.29) is 12.0 Å². The fourth-order valence-electron chi connectivity index (χ4n) is 4.72. The van der Waals surface area contributed by atoms with Gasteiger partial charge in [-0.3, -0.25) is 14.8 Å². The maximum absolute atomic E-state index is 13.3. The summed E-state index contributed by atoms with van der Waals surface area (Å²) in [6.45, 7) is 4.63. The number of hydroxylamine groups is 1. The van der Waals surface area contributed by atoms with Crippen molar-refractivity contribution in [1.29, 1.82) is 0 Å². The summed E-state index contributed by atoms with van der Waals surface area (Å²) < 4.78 is 5.99. The van der Waals surface area contributed by atoms with Crippen molar-refractivity contribution < 1.29 is 19.5 Å². The second-order valence-corrected chi connectivity index (χ2v) is 8.51. The largest absolute Gasteiger partial charge is 0.474 e.